The van der Waals surface area contributed by atoms with Crippen LogP contribution in [0.25, 0.3) is 0 Å². The number of morpholine rings is 1. The molecule has 4 rings (SSSR count). The van der Waals surface area contributed by atoms with Crippen molar-refractivity contribution in [3.05, 3.63) is 52.1 Å². The number of aromatic nitrogens is 2. The van der Waals surface area contributed by atoms with E-state index in [9.17, 15) is 9.59 Å². The van der Waals surface area contributed by atoms with Crippen molar-refractivity contribution in [1.82, 2.24) is 9.97 Å². The van der Waals surface area contributed by atoms with E-state index in [0.29, 0.717) is 0 Å². The van der Waals surface area contributed by atoms with Gasteiger partial charge in [-0.1, -0.05) is 18.2 Å². The van der Waals surface area contributed by atoms with Crippen LogP contribution in [0.5, 0.6) is 0 Å². The maximum absolute atomic E-state index is 13.0. The minimum atomic E-state index is -2.20. The zero-order valence-corrected chi connectivity index (χ0v) is 14.4. The van der Waals surface area contributed by atoms with Crippen molar-refractivity contribution in [2.75, 3.05) is 36.0 Å². The van der Waals surface area contributed by atoms with Gasteiger partial charge in [0.1, 0.15) is 11.6 Å². The van der Waals surface area contributed by atoms with Gasteiger partial charge in [-0.3, -0.25) is 9.59 Å². The summed E-state index contributed by atoms with van der Waals surface area (Å²) in [6.07, 6.45) is 0.540. The zero-order valence-electron chi connectivity index (χ0n) is 18.4. The fourth-order valence-electron chi connectivity index (χ4n) is 3.36. The Labute approximate surface area is 157 Å². The van der Waals surface area contributed by atoms with Gasteiger partial charge in [-0.15, -0.1) is 0 Å². The van der Waals surface area contributed by atoms with Crippen LogP contribution < -0.4 is 15.4 Å². The molecule has 136 valence electrons. The molecule has 3 heterocycles. The predicted octanol–water partition coefficient (Wildman–Crippen LogP) is 1.13. The molecule has 0 bridgehead atoms. The number of rotatable bonds is 3. The number of carbonyl (C=O) groups is 1. The highest BCUT2D eigenvalue weighted by atomic mass is 16.5. The molecule has 1 atom stereocenters. The van der Waals surface area contributed by atoms with Crippen LogP contribution in [-0.4, -0.2) is 48.1 Å². The number of carbonyl (C=O) groups excluding carboxylic acids is 1. The van der Waals surface area contributed by atoms with Crippen LogP contribution in [0, 0.1) is 0 Å². The molecule has 1 aromatic carbocycles. The second-order valence-electron chi connectivity index (χ2n) is 6.32. The third-order valence-corrected chi connectivity index (χ3v) is 4.45. The molecule has 2 aliphatic heterocycles. The van der Waals surface area contributed by atoms with Crippen LogP contribution in [0.1, 0.15) is 23.8 Å². The lowest BCUT2D eigenvalue weighted by molar-refractivity contribution is -0.118. The van der Waals surface area contributed by atoms with Gasteiger partial charge in [0, 0.05) is 30.8 Å². The van der Waals surface area contributed by atoms with Crippen molar-refractivity contribution in [3.63, 3.8) is 0 Å². The highest BCUT2D eigenvalue weighted by Crippen LogP contribution is 2.32. The van der Waals surface area contributed by atoms with Crippen LogP contribution >= 0.6 is 0 Å². The number of H-pyrrole nitrogens is 1. The number of ether oxygens (including phenoxy) is 1. The average Bonchev–Trinajstić information content (AvgIpc) is 2.95. The van der Waals surface area contributed by atoms with Crippen molar-refractivity contribution in [3.8, 4) is 0 Å². The minimum Gasteiger partial charge on any atom is -0.378 e. The minimum absolute atomic E-state index is 0.0349. The van der Waals surface area contributed by atoms with E-state index in [1.54, 1.807) is 4.90 Å². The quantitative estimate of drug-likeness (QED) is 0.890. The van der Waals surface area contributed by atoms with Crippen molar-refractivity contribution in [2.24, 2.45) is 0 Å². The lowest BCUT2D eigenvalue weighted by Gasteiger charge is -2.28. The standard InChI is InChI=1S/C19H22N4O3/c1-13-10-14-4-2-3-5-15(14)23(13)19(25)11-16-20-17(12-18(24)21-16)22-6-8-26-9-7-22/h2-5,12-13H,6-11H2,1H3,(H,20,21,24)/i6D2,7D2. The molecule has 1 N–H and O–H groups in total. The van der Waals surface area contributed by atoms with Gasteiger partial charge >= 0.3 is 0 Å². The molecule has 0 saturated carbocycles. The summed E-state index contributed by atoms with van der Waals surface area (Å²) in [5.74, 6) is -0.368. The molecule has 0 spiro atoms. The first-order valence-electron chi connectivity index (χ1n) is 10.5. The molecular formula is C19H22N4O3. The largest absolute Gasteiger partial charge is 0.378 e. The maximum atomic E-state index is 13.0. The number of para-hydroxylation sites is 1. The Morgan fingerprint density at radius 1 is 1.38 bits per heavy atom. The monoisotopic (exact) mass is 358 g/mol. The van der Waals surface area contributed by atoms with Crippen LogP contribution in [0.2, 0.25) is 0 Å². The number of nitrogens with zero attached hydrogens (tertiary/aromatic N) is 3. The van der Waals surface area contributed by atoms with Crippen LogP contribution in [0.15, 0.2) is 35.1 Å². The van der Waals surface area contributed by atoms with Crippen molar-refractivity contribution >= 4 is 17.4 Å². The van der Waals surface area contributed by atoms with Crippen molar-refractivity contribution in [2.45, 2.75) is 25.8 Å². The Hall–Kier alpha value is -2.67. The zero-order chi connectivity index (χ0) is 21.7. The van der Waals surface area contributed by atoms with E-state index >= 15 is 0 Å². The van der Waals surface area contributed by atoms with E-state index in [4.69, 9.17) is 10.2 Å². The Morgan fingerprint density at radius 3 is 2.96 bits per heavy atom. The Bertz CT molecular complexity index is 1030. The number of hydrogen-bond donors (Lipinski definition) is 1. The van der Waals surface area contributed by atoms with Gasteiger partial charge in [0.2, 0.25) is 5.91 Å². The predicted molar refractivity (Wildman–Crippen MR) is 98.7 cm³/mol. The Balaban J connectivity index is 1.65. The highest BCUT2D eigenvalue weighted by molar-refractivity contribution is 5.97. The van der Waals surface area contributed by atoms with Gasteiger partial charge in [0.15, 0.2) is 0 Å². The molecule has 7 heteroatoms. The summed E-state index contributed by atoms with van der Waals surface area (Å²) < 4.78 is 37.4. The first-order chi connectivity index (χ1) is 14.1. The maximum Gasteiger partial charge on any atom is 0.252 e. The molecule has 7 nitrogen and oxygen atoms in total. The van der Waals surface area contributed by atoms with Gasteiger partial charge < -0.3 is 19.5 Å². The second kappa shape index (κ2) is 6.92. The number of amides is 1. The van der Waals surface area contributed by atoms with E-state index in [2.05, 4.69) is 9.97 Å². The number of hydrogen-bond acceptors (Lipinski definition) is 5. The van der Waals surface area contributed by atoms with E-state index < -0.39 is 18.6 Å². The van der Waals surface area contributed by atoms with Gasteiger partial charge in [-0.05, 0) is 25.0 Å². The summed E-state index contributed by atoms with van der Waals surface area (Å²) in [6, 6.07) is 8.63. The molecule has 1 saturated heterocycles. The molecule has 1 aromatic heterocycles. The number of aromatic amines is 1. The van der Waals surface area contributed by atoms with E-state index in [0.717, 1.165) is 28.6 Å². The van der Waals surface area contributed by atoms with E-state index in [1.807, 2.05) is 31.2 Å². The van der Waals surface area contributed by atoms with E-state index in [1.165, 1.54) is 0 Å². The molecule has 2 aromatic rings. The SMILES string of the molecule is [2H]C1([2H])COCC([2H])([2H])N1c1cc(=O)[nH]c(CC(=O)N2c3ccccc3CC2C)n1. The third-order valence-electron chi connectivity index (χ3n) is 4.45. The average molecular weight is 358 g/mol. The summed E-state index contributed by atoms with van der Waals surface area (Å²) in [5, 5.41) is 0. The summed E-state index contributed by atoms with van der Waals surface area (Å²) in [4.78, 5) is 34.5. The van der Waals surface area contributed by atoms with Crippen LogP contribution in [0.3, 0.4) is 0 Å². The summed E-state index contributed by atoms with van der Waals surface area (Å²) in [5.41, 5.74) is 1.31. The lowest BCUT2D eigenvalue weighted by Crippen LogP contribution is -2.39. The van der Waals surface area contributed by atoms with Gasteiger partial charge in [-0.25, -0.2) is 4.98 Å². The number of anilines is 2. The van der Waals surface area contributed by atoms with Crippen LogP contribution in [0.4, 0.5) is 11.5 Å². The first kappa shape index (κ1) is 12.6. The Kier molecular flexibility index (Phi) is 3.36. The molecule has 26 heavy (non-hydrogen) atoms. The fraction of sp³-hybridized carbons (Fsp3) is 0.421. The number of fused-ring (bicyclic) bond motifs is 1. The molecule has 1 fully saturated rings. The van der Waals surface area contributed by atoms with Gasteiger partial charge in [0.05, 0.1) is 25.1 Å². The van der Waals surface area contributed by atoms with Crippen molar-refractivity contribution in [1.29, 1.82) is 0 Å². The van der Waals surface area contributed by atoms with Crippen LogP contribution in [-0.2, 0) is 22.4 Å². The fourth-order valence-corrected chi connectivity index (χ4v) is 3.36. The molecule has 0 aliphatic carbocycles. The number of benzene rings is 1. The molecule has 0 radical (unpaired) electrons. The summed E-state index contributed by atoms with van der Waals surface area (Å²) in [7, 11) is 0. The normalized spacial score (nSPS) is 25.7. The van der Waals surface area contributed by atoms with Crippen molar-refractivity contribution < 1.29 is 15.0 Å². The molecule has 1 amide bonds. The molecule has 2 aliphatic rings. The first-order valence-corrected chi connectivity index (χ1v) is 8.47. The summed E-state index contributed by atoms with van der Waals surface area (Å²) >= 11 is 0. The topological polar surface area (TPSA) is 78.5 Å². The van der Waals surface area contributed by atoms with E-state index in [-0.39, 0.29) is 43.2 Å². The second-order valence-corrected chi connectivity index (χ2v) is 6.32. The lowest BCUT2D eigenvalue weighted by atomic mass is 10.1. The smallest absolute Gasteiger partial charge is 0.252 e. The van der Waals surface area contributed by atoms with Gasteiger partial charge in [0.25, 0.3) is 5.56 Å². The van der Waals surface area contributed by atoms with Gasteiger partial charge in [-0.2, -0.15) is 0 Å². The Morgan fingerprint density at radius 2 is 2.15 bits per heavy atom. The molecule has 1 unspecified atom stereocenters. The molecular weight excluding hydrogens is 332 g/mol. The third kappa shape index (κ3) is 3.22. The highest BCUT2D eigenvalue weighted by Gasteiger charge is 2.30. The number of nitrogens with one attached hydrogen (secondary N) is 1. The summed E-state index contributed by atoms with van der Waals surface area (Å²) in [6.45, 7) is -3.19.